The number of pyridine rings is 1. The first-order chi connectivity index (χ1) is 15.1. The van der Waals surface area contributed by atoms with Gasteiger partial charge in [0.05, 0.1) is 12.1 Å². The summed E-state index contributed by atoms with van der Waals surface area (Å²) in [5, 5.41) is 6.68. The summed E-state index contributed by atoms with van der Waals surface area (Å²) in [4.78, 5) is 31.7. The minimum atomic E-state index is -0.205. The molecule has 1 aromatic carbocycles. The smallest absolute Gasteiger partial charge is 0.270 e. The Morgan fingerprint density at radius 1 is 1.23 bits per heavy atom. The molecule has 162 valence electrons. The largest absolute Gasteiger partial charge is 0.379 e. The number of benzene rings is 1. The molecule has 4 atom stereocenters. The van der Waals surface area contributed by atoms with Crippen molar-refractivity contribution in [1.82, 2.24) is 15.2 Å². The number of halogens is 1. The lowest BCUT2D eigenvalue weighted by atomic mass is 9.78. The number of carbonyl (C=O) groups excluding carboxylic acids is 2. The van der Waals surface area contributed by atoms with Crippen LogP contribution in [0.25, 0.3) is 0 Å². The van der Waals surface area contributed by atoms with Crippen LogP contribution in [0.3, 0.4) is 0 Å². The average Bonchev–Trinajstić information content (AvgIpc) is 3.13. The number of para-hydroxylation sites is 1. The first-order valence-corrected chi connectivity index (χ1v) is 11.6. The van der Waals surface area contributed by atoms with E-state index in [0.29, 0.717) is 11.6 Å². The van der Waals surface area contributed by atoms with Crippen LogP contribution in [0.5, 0.6) is 0 Å². The van der Waals surface area contributed by atoms with E-state index in [1.807, 2.05) is 17.0 Å². The maximum absolute atomic E-state index is 12.8. The van der Waals surface area contributed by atoms with Gasteiger partial charge in [-0.3, -0.25) is 14.6 Å². The van der Waals surface area contributed by atoms with Crippen molar-refractivity contribution in [3.8, 4) is 0 Å². The summed E-state index contributed by atoms with van der Waals surface area (Å²) < 4.78 is 0. The van der Waals surface area contributed by atoms with Gasteiger partial charge in [-0.2, -0.15) is 0 Å². The molecule has 0 radical (unpaired) electrons. The molecule has 5 rings (SSSR count). The van der Waals surface area contributed by atoms with Crippen LogP contribution in [0, 0.1) is 0 Å². The highest BCUT2D eigenvalue weighted by molar-refractivity contribution is 6.27. The van der Waals surface area contributed by atoms with E-state index >= 15 is 0 Å². The van der Waals surface area contributed by atoms with Gasteiger partial charge in [0, 0.05) is 29.9 Å². The van der Waals surface area contributed by atoms with E-state index in [-0.39, 0.29) is 41.9 Å². The Balaban J connectivity index is 1.46. The van der Waals surface area contributed by atoms with Gasteiger partial charge in [-0.25, -0.2) is 0 Å². The lowest BCUT2D eigenvalue weighted by Gasteiger charge is -2.47. The topological polar surface area (TPSA) is 74.3 Å². The number of nitrogens with zero attached hydrogens (tertiary/aromatic N) is 2. The number of anilines is 1. The van der Waals surface area contributed by atoms with Gasteiger partial charge in [0.15, 0.2) is 0 Å². The molecule has 3 aliphatic rings. The molecule has 31 heavy (non-hydrogen) atoms. The predicted molar refractivity (Wildman–Crippen MR) is 120 cm³/mol. The van der Waals surface area contributed by atoms with Crippen molar-refractivity contribution < 1.29 is 9.59 Å². The van der Waals surface area contributed by atoms with Gasteiger partial charge in [0.25, 0.3) is 5.91 Å². The Labute approximate surface area is 187 Å². The third-order valence-corrected chi connectivity index (χ3v) is 7.26. The number of piperidine rings is 1. The van der Waals surface area contributed by atoms with Crippen molar-refractivity contribution in [2.45, 2.75) is 62.7 Å². The van der Waals surface area contributed by atoms with E-state index in [4.69, 9.17) is 11.6 Å². The summed E-state index contributed by atoms with van der Waals surface area (Å²) in [5.41, 5.74) is 3.75. The molecular formula is C24H27ClN4O2. The zero-order chi connectivity index (χ0) is 21.5. The standard InChI is InChI=1S/C24H27ClN4O2/c1-14-11-18-17-7-2-3-8-19(17)28-22(18)23(29(14)21(30)12-25)15-9-10-20(26-13-15)24(31)27-16-5-4-6-16/h2-3,7-10,13-14,16,18,22-23,28H,4-6,11-12H2,1H3,(H,27,31)/t14-,18?,22?,23-/m0/s1. The van der Waals surface area contributed by atoms with Gasteiger partial charge in [-0.05, 0) is 55.9 Å². The molecule has 6 nitrogen and oxygen atoms in total. The summed E-state index contributed by atoms with van der Waals surface area (Å²) >= 11 is 5.99. The number of amides is 2. The molecule has 2 aromatic rings. The van der Waals surface area contributed by atoms with Crippen molar-refractivity contribution in [3.63, 3.8) is 0 Å². The van der Waals surface area contributed by atoms with Crippen LogP contribution in [-0.4, -0.2) is 45.7 Å². The van der Waals surface area contributed by atoms with Gasteiger partial charge < -0.3 is 15.5 Å². The molecule has 7 heteroatoms. The Kier molecular flexibility index (Phi) is 5.34. The first kappa shape index (κ1) is 20.3. The maximum atomic E-state index is 12.8. The van der Waals surface area contributed by atoms with Gasteiger partial charge in [0.1, 0.15) is 11.6 Å². The maximum Gasteiger partial charge on any atom is 0.270 e. The molecule has 2 fully saturated rings. The van der Waals surface area contributed by atoms with Crippen molar-refractivity contribution in [2.24, 2.45) is 0 Å². The van der Waals surface area contributed by atoms with Gasteiger partial charge in [-0.1, -0.05) is 24.3 Å². The van der Waals surface area contributed by atoms with Crippen LogP contribution in [0.2, 0.25) is 0 Å². The predicted octanol–water partition coefficient (Wildman–Crippen LogP) is 3.84. The number of hydrogen-bond acceptors (Lipinski definition) is 4. The summed E-state index contributed by atoms with van der Waals surface area (Å²) in [6, 6.07) is 12.2. The average molecular weight is 439 g/mol. The van der Waals surface area contributed by atoms with Crippen LogP contribution in [-0.2, 0) is 4.79 Å². The normalized spacial score (nSPS) is 27.0. The van der Waals surface area contributed by atoms with Crippen molar-refractivity contribution in [2.75, 3.05) is 11.2 Å². The number of fused-ring (bicyclic) bond motifs is 3. The summed E-state index contributed by atoms with van der Waals surface area (Å²) in [6.45, 7) is 2.09. The van der Waals surface area contributed by atoms with Crippen LogP contribution < -0.4 is 10.6 Å². The fraction of sp³-hybridized carbons (Fsp3) is 0.458. The van der Waals surface area contributed by atoms with Crippen LogP contribution in [0.15, 0.2) is 42.6 Å². The summed E-state index contributed by atoms with van der Waals surface area (Å²) in [5.74, 6) is 0.0334. The number of carbonyl (C=O) groups is 2. The minimum absolute atomic E-state index is 0.0391. The monoisotopic (exact) mass is 438 g/mol. The van der Waals surface area contributed by atoms with E-state index in [1.54, 1.807) is 12.3 Å². The Bertz CT molecular complexity index is 991. The highest BCUT2D eigenvalue weighted by atomic mass is 35.5. The Hall–Kier alpha value is -2.60. The van der Waals surface area contributed by atoms with E-state index in [0.717, 1.165) is 30.5 Å². The highest BCUT2D eigenvalue weighted by Crippen LogP contribution is 2.49. The number of aromatic nitrogens is 1. The number of hydrogen-bond donors (Lipinski definition) is 2. The molecule has 0 spiro atoms. The molecule has 2 aliphatic heterocycles. The van der Waals surface area contributed by atoms with E-state index in [9.17, 15) is 9.59 Å². The SMILES string of the molecule is C[C@H]1CC2c3ccccc3NC2[C@H](c2ccc(C(=O)NC3CCC3)nc2)N1C(=O)CCl. The Morgan fingerprint density at radius 3 is 2.71 bits per heavy atom. The second-order valence-corrected chi connectivity index (χ2v) is 9.17. The van der Waals surface area contributed by atoms with E-state index in [2.05, 4.69) is 40.7 Å². The van der Waals surface area contributed by atoms with E-state index in [1.165, 1.54) is 12.0 Å². The summed E-state index contributed by atoms with van der Waals surface area (Å²) in [6.07, 6.45) is 5.86. The molecule has 2 N–H and O–H groups in total. The van der Waals surface area contributed by atoms with E-state index < -0.39 is 0 Å². The van der Waals surface area contributed by atoms with Gasteiger partial charge in [-0.15, -0.1) is 11.6 Å². The van der Waals surface area contributed by atoms with Crippen molar-refractivity contribution in [3.05, 3.63) is 59.4 Å². The lowest BCUT2D eigenvalue weighted by molar-refractivity contribution is -0.135. The zero-order valence-corrected chi connectivity index (χ0v) is 18.3. The van der Waals surface area contributed by atoms with Crippen molar-refractivity contribution >= 4 is 29.1 Å². The number of rotatable bonds is 4. The minimum Gasteiger partial charge on any atom is -0.379 e. The highest BCUT2D eigenvalue weighted by Gasteiger charge is 2.48. The second kappa shape index (κ2) is 8.15. The number of alkyl halides is 1. The molecule has 2 amide bonds. The second-order valence-electron chi connectivity index (χ2n) is 8.91. The number of likely N-dealkylation sites (tertiary alicyclic amines) is 1. The molecule has 0 bridgehead atoms. The zero-order valence-electron chi connectivity index (χ0n) is 17.6. The van der Waals surface area contributed by atoms with Crippen LogP contribution in [0.4, 0.5) is 5.69 Å². The lowest BCUT2D eigenvalue weighted by Crippen LogP contribution is -2.53. The third kappa shape index (κ3) is 3.57. The molecule has 2 unspecified atom stereocenters. The summed E-state index contributed by atoms with van der Waals surface area (Å²) in [7, 11) is 0. The molecular weight excluding hydrogens is 412 g/mol. The van der Waals surface area contributed by atoms with Gasteiger partial charge in [0.2, 0.25) is 5.91 Å². The fourth-order valence-corrected chi connectivity index (χ4v) is 5.43. The molecule has 1 saturated heterocycles. The molecule has 1 aliphatic carbocycles. The quantitative estimate of drug-likeness (QED) is 0.711. The third-order valence-electron chi connectivity index (χ3n) is 7.03. The number of nitrogens with one attached hydrogen (secondary N) is 2. The molecule has 3 heterocycles. The molecule has 1 aromatic heterocycles. The Morgan fingerprint density at radius 2 is 2.03 bits per heavy atom. The molecule has 1 saturated carbocycles. The van der Waals surface area contributed by atoms with Crippen LogP contribution >= 0.6 is 11.6 Å². The van der Waals surface area contributed by atoms with Crippen LogP contribution in [0.1, 0.15) is 66.2 Å². The first-order valence-electron chi connectivity index (χ1n) is 11.1. The fourth-order valence-electron chi connectivity index (χ4n) is 5.29. The van der Waals surface area contributed by atoms with Gasteiger partial charge >= 0.3 is 0 Å². The van der Waals surface area contributed by atoms with Crippen molar-refractivity contribution in [1.29, 1.82) is 0 Å².